The highest BCUT2D eigenvalue weighted by atomic mass is 32.2. The van der Waals surface area contributed by atoms with Crippen molar-refractivity contribution in [3.8, 4) is 5.75 Å². The van der Waals surface area contributed by atoms with Crippen LogP contribution in [0.3, 0.4) is 0 Å². The van der Waals surface area contributed by atoms with E-state index in [-0.39, 0.29) is 22.6 Å². The highest BCUT2D eigenvalue weighted by molar-refractivity contribution is 7.89. The predicted molar refractivity (Wildman–Crippen MR) is 145 cm³/mol. The Morgan fingerprint density at radius 1 is 1.00 bits per heavy atom. The predicted octanol–water partition coefficient (Wildman–Crippen LogP) is 4.64. The van der Waals surface area contributed by atoms with Crippen molar-refractivity contribution in [2.45, 2.75) is 37.6 Å². The molecule has 0 radical (unpaired) electrons. The number of carbonyl (C=O) groups is 1. The van der Waals surface area contributed by atoms with Gasteiger partial charge in [-0.15, -0.1) is 0 Å². The minimum atomic E-state index is -4.04. The molecule has 0 saturated carbocycles. The molecule has 0 fully saturated rings. The van der Waals surface area contributed by atoms with Crippen molar-refractivity contribution in [2.75, 3.05) is 0 Å². The molecule has 0 spiro atoms. The number of benzene rings is 3. The average molecular weight is 531 g/mol. The molecule has 0 amide bonds. The van der Waals surface area contributed by atoms with Gasteiger partial charge in [0.15, 0.2) is 0 Å². The summed E-state index contributed by atoms with van der Waals surface area (Å²) < 4.78 is 39.9. The van der Waals surface area contributed by atoms with Gasteiger partial charge < -0.3 is 14.1 Å². The molecule has 2 N–H and O–H groups in total. The SMILES string of the molecule is CCc1cc(=O)oc2cc(OC(=O)C(Cc3c[nH]c4ccccc34)NS(=O)(=O)c3ccc(C)cc3)ccc12. The lowest BCUT2D eigenvalue weighted by atomic mass is 10.1. The lowest BCUT2D eigenvalue weighted by Crippen LogP contribution is -2.44. The molecule has 0 aliphatic heterocycles. The molecule has 3 aromatic carbocycles. The Kier molecular flexibility index (Phi) is 6.88. The third kappa shape index (κ3) is 5.25. The zero-order chi connectivity index (χ0) is 26.9. The van der Waals surface area contributed by atoms with Crippen LogP contribution >= 0.6 is 0 Å². The van der Waals surface area contributed by atoms with E-state index in [1.807, 2.05) is 38.1 Å². The number of fused-ring (bicyclic) bond motifs is 2. The van der Waals surface area contributed by atoms with Gasteiger partial charge in [0.1, 0.15) is 17.4 Å². The van der Waals surface area contributed by atoms with Crippen molar-refractivity contribution in [3.63, 3.8) is 0 Å². The topological polar surface area (TPSA) is 118 Å². The van der Waals surface area contributed by atoms with Crippen molar-refractivity contribution in [1.29, 1.82) is 0 Å². The number of aromatic amines is 1. The first-order chi connectivity index (χ1) is 18.2. The van der Waals surface area contributed by atoms with E-state index >= 15 is 0 Å². The molecule has 5 rings (SSSR count). The summed E-state index contributed by atoms with van der Waals surface area (Å²) in [6.07, 6.45) is 2.44. The van der Waals surface area contributed by atoms with Crippen LogP contribution in [-0.2, 0) is 27.7 Å². The maximum Gasteiger partial charge on any atom is 0.336 e. The Bertz CT molecular complexity index is 1800. The summed E-state index contributed by atoms with van der Waals surface area (Å²) in [4.78, 5) is 28.5. The Morgan fingerprint density at radius 3 is 2.53 bits per heavy atom. The first kappa shape index (κ1) is 25.4. The first-order valence-electron chi connectivity index (χ1n) is 12.2. The molecule has 0 bridgehead atoms. The number of carbonyl (C=O) groups excluding carboxylic acids is 1. The van der Waals surface area contributed by atoms with Crippen LogP contribution in [0.4, 0.5) is 0 Å². The van der Waals surface area contributed by atoms with Gasteiger partial charge in [-0.3, -0.25) is 0 Å². The van der Waals surface area contributed by atoms with Crippen molar-refractivity contribution < 1.29 is 22.4 Å². The molecule has 9 heteroatoms. The second kappa shape index (κ2) is 10.3. The van der Waals surface area contributed by atoms with Gasteiger partial charge in [0, 0.05) is 41.0 Å². The Hall–Kier alpha value is -4.21. The van der Waals surface area contributed by atoms with Crippen LogP contribution in [0.2, 0.25) is 0 Å². The van der Waals surface area contributed by atoms with E-state index in [4.69, 9.17) is 9.15 Å². The van der Waals surface area contributed by atoms with Crippen molar-refractivity contribution in [1.82, 2.24) is 9.71 Å². The van der Waals surface area contributed by atoms with Gasteiger partial charge in [-0.05, 0) is 54.8 Å². The number of aromatic nitrogens is 1. The van der Waals surface area contributed by atoms with E-state index in [9.17, 15) is 18.0 Å². The van der Waals surface area contributed by atoms with E-state index in [0.717, 1.165) is 33.0 Å². The number of hydrogen-bond donors (Lipinski definition) is 2. The second-order valence-electron chi connectivity index (χ2n) is 9.07. The van der Waals surface area contributed by atoms with Gasteiger partial charge in [0.05, 0.1) is 4.90 Å². The summed E-state index contributed by atoms with van der Waals surface area (Å²) in [7, 11) is -4.04. The largest absolute Gasteiger partial charge is 0.425 e. The van der Waals surface area contributed by atoms with Gasteiger partial charge >= 0.3 is 11.6 Å². The maximum atomic E-state index is 13.4. The maximum absolute atomic E-state index is 13.4. The molecule has 2 aromatic heterocycles. The van der Waals surface area contributed by atoms with E-state index in [2.05, 4.69) is 9.71 Å². The van der Waals surface area contributed by atoms with Gasteiger partial charge in [0.25, 0.3) is 0 Å². The van der Waals surface area contributed by atoms with Crippen LogP contribution in [0.25, 0.3) is 21.9 Å². The third-order valence-electron chi connectivity index (χ3n) is 6.41. The number of hydrogen-bond acceptors (Lipinski definition) is 6. The molecule has 5 aromatic rings. The number of ether oxygens (including phenoxy) is 1. The smallest absolute Gasteiger partial charge is 0.336 e. The summed E-state index contributed by atoms with van der Waals surface area (Å²) in [5.74, 6) is -0.656. The standard InChI is InChI=1S/C29H26N2O6S/c1-3-19-15-28(32)37-27-16-21(10-13-24(19)27)36-29(33)26(14-20-17-30-25-7-5-4-6-23(20)25)31-38(34,35)22-11-8-18(2)9-12-22/h4-13,15-17,26,30-31H,3,14H2,1-2H3. The van der Waals surface area contributed by atoms with E-state index in [0.29, 0.717) is 6.42 Å². The molecule has 1 atom stereocenters. The van der Waals surface area contributed by atoms with Crippen LogP contribution in [0, 0.1) is 6.92 Å². The summed E-state index contributed by atoms with van der Waals surface area (Å²) in [6.45, 7) is 3.79. The normalized spacial score (nSPS) is 12.6. The highest BCUT2D eigenvalue weighted by Crippen LogP contribution is 2.25. The van der Waals surface area contributed by atoms with Crippen LogP contribution in [0.5, 0.6) is 5.75 Å². The second-order valence-corrected chi connectivity index (χ2v) is 10.8. The number of nitrogens with one attached hydrogen (secondary N) is 2. The number of sulfonamides is 1. The number of esters is 1. The van der Waals surface area contributed by atoms with Gasteiger partial charge in [-0.25, -0.2) is 18.0 Å². The van der Waals surface area contributed by atoms with Crippen molar-refractivity contribution in [2.24, 2.45) is 0 Å². The minimum Gasteiger partial charge on any atom is -0.425 e. The molecule has 1 unspecified atom stereocenters. The molecule has 8 nitrogen and oxygen atoms in total. The molecular weight excluding hydrogens is 504 g/mol. The number of para-hydroxylation sites is 1. The fourth-order valence-electron chi connectivity index (χ4n) is 4.42. The Morgan fingerprint density at radius 2 is 1.76 bits per heavy atom. The lowest BCUT2D eigenvalue weighted by molar-refractivity contribution is -0.136. The van der Waals surface area contributed by atoms with Gasteiger partial charge in [-0.1, -0.05) is 42.8 Å². The zero-order valence-corrected chi connectivity index (χ0v) is 21.7. The number of H-pyrrole nitrogens is 1. The third-order valence-corrected chi connectivity index (χ3v) is 7.90. The summed E-state index contributed by atoms with van der Waals surface area (Å²) in [5, 5.41) is 1.61. The van der Waals surface area contributed by atoms with E-state index < -0.39 is 27.7 Å². The average Bonchev–Trinajstić information content (AvgIpc) is 3.30. The van der Waals surface area contributed by atoms with Crippen LogP contribution in [-0.4, -0.2) is 25.4 Å². The van der Waals surface area contributed by atoms with E-state index in [1.54, 1.807) is 30.5 Å². The zero-order valence-electron chi connectivity index (χ0n) is 20.9. The quantitative estimate of drug-likeness (QED) is 0.171. The number of aryl methyl sites for hydroxylation is 2. The molecule has 0 aliphatic carbocycles. The Labute approximate surface area is 219 Å². The van der Waals surface area contributed by atoms with Crippen molar-refractivity contribution >= 4 is 37.9 Å². The molecule has 194 valence electrons. The van der Waals surface area contributed by atoms with Crippen LogP contribution in [0.15, 0.2) is 93.1 Å². The number of rotatable bonds is 8. The van der Waals surface area contributed by atoms with E-state index in [1.165, 1.54) is 24.3 Å². The lowest BCUT2D eigenvalue weighted by Gasteiger charge is -2.18. The summed E-state index contributed by atoms with van der Waals surface area (Å²) >= 11 is 0. The molecule has 0 saturated heterocycles. The van der Waals surface area contributed by atoms with Gasteiger partial charge in [0.2, 0.25) is 10.0 Å². The fourth-order valence-corrected chi connectivity index (χ4v) is 5.60. The molecular formula is C29H26N2O6S. The Balaban J connectivity index is 1.48. The van der Waals surface area contributed by atoms with Crippen molar-refractivity contribution in [3.05, 3.63) is 106 Å². The molecule has 38 heavy (non-hydrogen) atoms. The van der Waals surface area contributed by atoms with Crippen LogP contribution < -0.4 is 15.1 Å². The highest BCUT2D eigenvalue weighted by Gasteiger charge is 2.29. The fraction of sp³-hybridized carbons (Fsp3) is 0.172. The minimum absolute atomic E-state index is 0.0411. The summed E-state index contributed by atoms with van der Waals surface area (Å²) in [6, 6.07) is 18.9. The van der Waals surface area contributed by atoms with Gasteiger partial charge in [-0.2, -0.15) is 4.72 Å². The monoisotopic (exact) mass is 530 g/mol. The van der Waals surface area contributed by atoms with Crippen LogP contribution in [0.1, 0.15) is 23.6 Å². The molecule has 2 heterocycles. The summed E-state index contributed by atoms with van der Waals surface area (Å²) in [5.41, 5.74) is 3.14. The first-order valence-corrected chi connectivity index (χ1v) is 13.6. The molecule has 0 aliphatic rings.